The monoisotopic (exact) mass is 542 g/mol. The molecule has 1 saturated heterocycles. The summed E-state index contributed by atoms with van der Waals surface area (Å²) in [5.74, 6) is 1.08. The first-order valence-electron chi connectivity index (χ1n) is 10.4. The van der Waals surface area contributed by atoms with Crippen molar-refractivity contribution in [2.45, 2.75) is 26.1 Å². The molecular weight excluding hydrogens is 510 g/mol. The van der Waals surface area contributed by atoms with Crippen LogP contribution in [0, 0.1) is 5.82 Å². The van der Waals surface area contributed by atoms with Gasteiger partial charge in [-0.1, -0.05) is 24.3 Å². The number of morpholine rings is 1. The fourth-order valence-corrected chi connectivity index (χ4v) is 3.29. The molecule has 2 aromatic rings. The number of hydrogen-bond donors (Lipinski definition) is 2. The number of guanidine groups is 1. The lowest BCUT2D eigenvalue weighted by molar-refractivity contribution is 0.0342. The molecule has 170 valence electrons. The maximum Gasteiger partial charge on any atom is 0.191 e. The fourth-order valence-electron chi connectivity index (χ4n) is 3.29. The van der Waals surface area contributed by atoms with Crippen LogP contribution >= 0.6 is 24.0 Å². The van der Waals surface area contributed by atoms with Crippen molar-refractivity contribution < 1.29 is 13.9 Å². The van der Waals surface area contributed by atoms with Crippen molar-refractivity contribution in [2.75, 3.05) is 39.9 Å². The standard InChI is InChI=1S/C23H31FN4O2.HI/c1-18(30-22-8-6-21(24)7-9-22)15-26-23(25-2)27-16-19-4-3-5-20(14-19)17-28-10-12-29-13-11-28;/h3-9,14,18H,10-13,15-17H2,1-2H3,(H2,25,26,27);1H. The molecule has 0 bridgehead atoms. The number of benzene rings is 2. The highest BCUT2D eigenvalue weighted by Gasteiger charge is 2.11. The Hall–Kier alpha value is -1.91. The van der Waals surface area contributed by atoms with Crippen molar-refractivity contribution in [1.82, 2.24) is 15.5 Å². The van der Waals surface area contributed by atoms with Crippen molar-refractivity contribution in [3.8, 4) is 5.75 Å². The number of ether oxygens (including phenoxy) is 2. The van der Waals surface area contributed by atoms with Gasteiger partial charge < -0.3 is 20.1 Å². The highest BCUT2D eigenvalue weighted by atomic mass is 127. The number of nitrogens with one attached hydrogen (secondary N) is 2. The predicted molar refractivity (Wildman–Crippen MR) is 133 cm³/mol. The average Bonchev–Trinajstić information content (AvgIpc) is 2.76. The highest BCUT2D eigenvalue weighted by molar-refractivity contribution is 14.0. The van der Waals surface area contributed by atoms with E-state index in [2.05, 4.69) is 44.8 Å². The summed E-state index contributed by atoms with van der Waals surface area (Å²) in [7, 11) is 1.75. The molecule has 1 aliphatic heterocycles. The highest BCUT2D eigenvalue weighted by Crippen LogP contribution is 2.13. The summed E-state index contributed by atoms with van der Waals surface area (Å²) in [4.78, 5) is 6.69. The molecule has 2 N–H and O–H groups in total. The van der Waals surface area contributed by atoms with Crippen molar-refractivity contribution >= 4 is 29.9 Å². The van der Waals surface area contributed by atoms with Crippen LogP contribution in [0.1, 0.15) is 18.1 Å². The molecule has 0 amide bonds. The zero-order valence-corrected chi connectivity index (χ0v) is 20.5. The maximum absolute atomic E-state index is 13.0. The van der Waals surface area contributed by atoms with Crippen LogP contribution in [0.5, 0.6) is 5.75 Å². The molecule has 6 nitrogen and oxygen atoms in total. The molecule has 31 heavy (non-hydrogen) atoms. The van der Waals surface area contributed by atoms with Crippen molar-refractivity contribution in [3.63, 3.8) is 0 Å². The van der Waals surface area contributed by atoms with E-state index < -0.39 is 0 Å². The molecule has 8 heteroatoms. The summed E-state index contributed by atoms with van der Waals surface area (Å²) in [6.45, 7) is 7.76. The molecule has 1 aliphatic rings. The minimum atomic E-state index is -0.272. The SMILES string of the molecule is CN=C(NCc1cccc(CN2CCOCC2)c1)NCC(C)Oc1ccc(F)cc1.I. The number of rotatable bonds is 8. The van der Waals surface area contributed by atoms with Gasteiger partial charge in [0.05, 0.1) is 19.8 Å². The van der Waals surface area contributed by atoms with Crippen LogP contribution in [0.3, 0.4) is 0 Å². The van der Waals surface area contributed by atoms with Gasteiger partial charge in [-0.05, 0) is 42.3 Å². The fraction of sp³-hybridized carbons (Fsp3) is 0.435. The topological polar surface area (TPSA) is 58.1 Å². The first-order chi connectivity index (χ1) is 14.6. The Labute approximate surface area is 201 Å². The molecule has 1 fully saturated rings. The first kappa shape index (κ1) is 25.4. The molecule has 1 heterocycles. The van der Waals surface area contributed by atoms with Crippen molar-refractivity contribution in [2.24, 2.45) is 4.99 Å². The molecule has 0 radical (unpaired) electrons. The molecule has 3 rings (SSSR count). The van der Waals surface area contributed by atoms with Gasteiger partial charge in [-0.2, -0.15) is 0 Å². The van der Waals surface area contributed by atoms with Gasteiger partial charge in [0.15, 0.2) is 5.96 Å². The van der Waals surface area contributed by atoms with Crippen LogP contribution in [0.4, 0.5) is 4.39 Å². The Morgan fingerprint density at radius 2 is 1.84 bits per heavy atom. The summed E-state index contributed by atoms with van der Waals surface area (Å²) in [5, 5.41) is 6.61. The van der Waals surface area contributed by atoms with E-state index in [1.807, 2.05) is 6.92 Å². The van der Waals surface area contributed by atoms with E-state index in [9.17, 15) is 4.39 Å². The van der Waals surface area contributed by atoms with E-state index >= 15 is 0 Å². The van der Waals surface area contributed by atoms with Gasteiger partial charge in [0.1, 0.15) is 17.7 Å². The van der Waals surface area contributed by atoms with Gasteiger partial charge in [-0.3, -0.25) is 9.89 Å². The minimum absolute atomic E-state index is 0. The minimum Gasteiger partial charge on any atom is -0.489 e. The second kappa shape index (κ2) is 13.5. The van der Waals surface area contributed by atoms with E-state index in [1.165, 1.54) is 23.3 Å². The van der Waals surface area contributed by atoms with Crippen LogP contribution in [-0.4, -0.2) is 56.9 Å². The van der Waals surface area contributed by atoms with Gasteiger partial charge in [0, 0.05) is 33.2 Å². The lowest BCUT2D eigenvalue weighted by atomic mass is 10.1. The quantitative estimate of drug-likeness (QED) is 0.304. The second-order valence-electron chi connectivity index (χ2n) is 7.40. The Kier molecular flexibility index (Phi) is 11.0. The third-order valence-corrected chi connectivity index (χ3v) is 4.89. The lowest BCUT2D eigenvalue weighted by Gasteiger charge is -2.26. The second-order valence-corrected chi connectivity index (χ2v) is 7.40. The summed E-state index contributed by atoms with van der Waals surface area (Å²) in [6.07, 6.45) is -0.0918. The van der Waals surface area contributed by atoms with Crippen LogP contribution in [0.25, 0.3) is 0 Å². The van der Waals surface area contributed by atoms with Gasteiger partial charge >= 0.3 is 0 Å². The lowest BCUT2D eigenvalue weighted by Crippen LogP contribution is -2.41. The molecule has 0 spiro atoms. The zero-order chi connectivity index (χ0) is 21.2. The maximum atomic E-state index is 13.0. The van der Waals surface area contributed by atoms with Gasteiger partial charge in [0.2, 0.25) is 0 Å². The Balaban J connectivity index is 0.00000341. The van der Waals surface area contributed by atoms with Crippen LogP contribution in [-0.2, 0) is 17.8 Å². The van der Waals surface area contributed by atoms with E-state index in [0.717, 1.165) is 32.8 Å². The zero-order valence-electron chi connectivity index (χ0n) is 18.1. The molecular formula is C23H32FIN4O2. The van der Waals surface area contributed by atoms with E-state index in [0.29, 0.717) is 24.8 Å². The average molecular weight is 542 g/mol. The predicted octanol–water partition coefficient (Wildman–Crippen LogP) is 3.41. The number of halogens is 2. The molecule has 1 unspecified atom stereocenters. The molecule has 2 aromatic carbocycles. The van der Waals surface area contributed by atoms with E-state index in [1.54, 1.807) is 19.2 Å². The molecule has 0 aromatic heterocycles. The number of nitrogens with zero attached hydrogens (tertiary/aromatic N) is 2. The molecule has 1 atom stereocenters. The largest absolute Gasteiger partial charge is 0.489 e. The van der Waals surface area contributed by atoms with Crippen molar-refractivity contribution in [1.29, 1.82) is 0 Å². The van der Waals surface area contributed by atoms with Crippen molar-refractivity contribution in [3.05, 3.63) is 65.5 Å². The van der Waals surface area contributed by atoms with Gasteiger partial charge in [0.25, 0.3) is 0 Å². The van der Waals surface area contributed by atoms with E-state index in [-0.39, 0.29) is 35.9 Å². The summed E-state index contributed by atoms with van der Waals surface area (Å²) >= 11 is 0. The molecule has 0 saturated carbocycles. The normalized spacial score (nSPS) is 15.6. The van der Waals surface area contributed by atoms with Gasteiger partial charge in [-0.25, -0.2) is 4.39 Å². The summed E-state index contributed by atoms with van der Waals surface area (Å²) in [5.41, 5.74) is 2.51. The Bertz CT molecular complexity index is 813. The van der Waals surface area contributed by atoms with Crippen LogP contribution in [0.15, 0.2) is 53.5 Å². The summed E-state index contributed by atoms with van der Waals surface area (Å²) < 4.78 is 24.2. The smallest absolute Gasteiger partial charge is 0.191 e. The van der Waals surface area contributed by atoms with Gasteiger partial charge in [-0.15, -0.1) is 24.0 Å². The van der Waals surface area contributed by atoms with Crippen LogP contribution < -0.4 is 15.4 Å². The number of aliphatic imine (C=N–C) groups is 1. The summed E-state index contributed by atoms with van der Waals surface area (Å²) in [6, 6.07) is 14.7. The first-order valence-corrected chi connectivity index (χ1v) is 10.4. The Morgan fingerprint density at radius 1 is 1.13 bits per heavy atom. The third-order valence-electron chi connectivity index (χ3n) is 4.89. The Morgan fingerprint density at radius 3 is 2.55 bits per heavy atom. The number of hydrogen-bond acceptors (Lipinski definition) is 4. The molecule has 0 aliphatic carbocycles. The van der Waals surface area contributed by atoms with Crippen LogP contribution in [0.2, 0.25) is 0 Å². The third kappa shape index (κ3) is 9.00. The van der Waals surface area contributed by atoms with E-state index in [4.69, 9.17) is 9.47 Å².